The lowest BCUT2D eigenvalue weighted by Crippen LogP contribution is -2.39. The van der Waals surface area contributed by atoms with Crippen molar-refractivity contribution in [2.75, 3.05) is 13.7 Å². The predicted octanol–water partition coefficient (Wildman–Crippen LogP) is 2.92. The van der Waals surface area contributed by atoms with E-state index in [1.165, 1.54) is 12.1 Å². The highest BCUT2D eigenvalue weighted by molar-refractivity contribution is 5.34. The number of rotatable bonds is 7. The van der Waals surface area contributed by atoms with Crippen LogP contribution in [0.1, 0.15) is 32.4 Å². The first kappa shape index (κ1) is 15.6. The maximum absolute atomic E-state index is 10.6. The number of hydrogen-bond acceptors (Lipinski definition) is 4. The van der Waals surface area contributed by atoms with E-state index in [0.717, 1.165) is 5.56 Å². The zero-order valence-electron chi connectivity index (χ0n) is 11.9. The molecule has 0 aromatic heterocycles. The smallest absolute Gasteiger partial charge is 0.269 e. The molecule has 1 rings (SSSR count). The summed E-state index contributed by atoms with van der Waals surface area (Å²) in [5.41, 5.74) is 1.15. The van der Waals surface area contributed by atoms with Gasteiger partial charge in [-0.3, -0.25) is 10.1 Å². The van der Waals surface area contributed by atoms with Gasteiger partial charge in [0.15, 0.2) is 0 Å². The van der Waals surface area contributed by atoms with E-state index < -0.39 is 0 Å². The van der Waals surface area contributed by atoms with Gasteiger partial charge in [0.05, 0.1) is 11.5 Å². The second kappa shape index (κ2) is 7.21. The molecule has 0 saturated heterocycles. The summed E-state index contributed by atoms with van der Waals surface area (Å²) in [6, 6.07) is 7.04. The van der Waals surface area contributed by atoms with Gasteiger partial charge in [-0.1, -0.05) is 26.0 Å². The molecule has 0 radical (unpaired) electrons. The van der Waals surface area contributed by atoms with E-state index >= 15 is 0 Å². The molecule has 2 atom stereocenters. The molecule has 1 N–H and O–H groups in total. The van der Waals surface area contributed by atoms with Crippen molar-refractivity contribution >= 4 is 5.69 Å². The average molecular weight is 266 g/mol. The number of methoxy groups -OCH3 is 1. The Morgan fingerprint density at radius 3 is 2.26 bits per heavy atom. The Bertz CT molecular complexity index is 404. The van der Waals surface area contributed by atoms with E-state index in [1.54, 1.807) is 19.2 Å². The summed E-state index contributed by atoms with van der Waals surface area (Å²) in [6.07, 6.45) is 0. The SMILES string of the molecule is COCC(NC(C)c1ccc([N+](=O)[O-])cc1)C(C)C. The Balaban J connectivity index is 2.71. The summed E-state index contributed by atoms with van der Waals surface area (Å²) in [7, 11) is 1.69. The summed E-state index contributed by atoms with van der Waals surface area (Å²) in [5, 5.41) is 14.1. The lowest BCUT2D eigenvalue weighted by molar-refractivity contribution is -0.384. The van der Waals surface area contributed by atoms with Crippen molar-refractivity contribution in [1.82, 2.24) is 5.32 Å². The van der Waals surface area contributed by atoms with Crippen LogP contribution in [0.4, 0.5) is 5.69 Å². The Morgan fingerprint density at radius 1 is 1.26 bits per heavy atom. The number of nitrogens with zero attached hydrogens (tertiary/aromatic N) is 1. The molecule has 5 nitrogen and oxygen atoms in total. The fourth-order valence-corrected chi connectivity index (χ4v) is 1.91. The van der Waals surface area contributed by atoms with Crippen LogP contribution in [0.25, 0.3) is 0 Å². The van der Waals surface area contributed by atoms with E-state index in [9.17, 15) is 10.1 Å². The average Bonchev–Trinajstić information content (AvgIpc) is 2.38. The van der Waals surface area contributed by atoms with Crippen molar-refractivity contribution in [3.63, 3.8) is 0 Å². The molecule has 1 aromatic rings. The Morgan fingerprint density at radius 2 is 1.84 bits per heavy atom. The number of ether oxygens (including phenoxy) is 1. The first-order chi connectivity index (χ1) is 8.95. The molecule has 2 unspecified atom stereocenters. The lowest BCUT2D eigenvalue weighted by atomic mass is 10.0. The summed E-state index contributed by atoms with van der Waals surface area (Å²) < 4.78 is 5.20. The molecule has 0 heterocycles. The molecule has 0 fully saturated rings. The Hall–Kier alpha value is -1.46. The molecule has 106 valence electrons. The van der Waals surface area contributed by atoms with Crippen LogP contribution in [-0.2, 0) is 4.74 Å². The summed E-state index contributed by atoms with van der Waals surface area (Å²) in [5.74, 6) is 0.459. The molecule has 19 heavy (non-hydrogen) atoms. The van der Waals surface area contributed by atoms with Crippen LogP contribution in [0.5, 0.6) is 0 Å². The number of non-ortho nitro benzene ring substituents is 1. The number of nitrogens with one attached hydrogen (secondary N) is 1. The molecule has 1 aromatic carbocycles. The highest BCUT2D eigenvalue weighted by Gasteiger charge is 2.17. The molecule has 5 heteroatoms. The van der Waals surface area contributed by atoms with Crippen molar-refractivity contribution in [3.8, 4) is 0 Å². The minimum absolute atomic E-state index is 0.119. The van der Waals surface area contributed by atoms with Gasteiger partial charge >= 0.3 is 0 Å². The second-order valence-corrected chi connectivity index (χ2v) is 5.04. The van der Waals surface area contributed by atoms with Crippen molar-refractivity contribution < 1.29 is 9.66 Å². The van der Waals surface area contributed by atoms with Crippen LogP contribution >= 0.6 is 0 Å². The molecular weight excluding hydrogens is 244 g/mol. The van der Waals surface area contributed by atoms with E-state index in [1.807, 2.05) is 6.92 Å². The van der Waals surface area contributed by atoms with E-state index in [4.69, 9.17) is 4.74 Å². The van der Waals surface area contributed by atoms with Crippen molar-refractivity contribution in [3.05, 3.63) is 39.9 Å². The number of nitro groups is 1. The van der Waals surface area contributed by atoms with Crippen LogP contribution in [-0.4, -0.2) is 24.7 Å². The standard InChI is InChI=1S/C14H22N2O3/c1-10(2)14(9-19-4)15-11(3)12-5-7-13(8-6-12)16(17)18/h5-8,10-11,14-15H,9H2,1-4H3. The molecule has 0 aliphatic heterocycles. The van der Waals surface area contributed by atoms with Gasteiger partial charge in [-0.05, 0) is 18.4 Å². The Kier molecular flexibility index (Phi) is 5.92. The summed E-state index contributed by atoms with van der Waals surface area (Å²) in [4.78, 5) is 10.2. The predicted molar refractivity (Wildman–Crippen MR) is 75.1 cm³/mol. The Labute approximate surface area is 114 Å². The first-order valence-corrected chi connectivity index (χ1v) is 6.45. The molecular formula is C14H22N2O3. The van der Waals surface area contributed by atoms with Gasteiger partial charge in [-0.25, -0.2) is 0 Å². The zero-order valence-corrected chi connectivity index (χ0v) is 11.9. The quantitative estimate of drug-likeness (QED) is 0.608. The topological polar surface area (TPSA) is 64.4 Å². The normalized spacial score (nSPS) is 14.4. The lowest BCUT2D eigenvalue weighted by Gasteiger charge is -2.26. The van der Waals surface area contributed by atoms with Crippen LogP contribution in [0.3, 0.4) is 0 Å². The van der Waals surface area contributed by atoms with E-state index in [0.29, 0.717) is 12.5 Å². The van der Waals surface area contributed by atoms with Gasteiger partial charge in [-0.2, -0.15) is 0 Å². The number of nitro benzene ring substituents is 1. The van der Waals surface area contributed by atoms with Gasteiger partial charge in [-0.15, -0.1) is 0 Å². The van der Waals surface area contributed by atoms with Crippen molar-refractivity contribution in [2.45, 2.75) is 32.9 Å². The highest BCUT2D eigenvalue weighted by Crippen LogP contribution is 2.19. The largest absolute Gasteiger partial charge is 0.383 e. The van der Waals surface area contributed by atoms with Gasteiger partial charge in [0.2, 0.25) is 0 Å². The maximum atomic E-state index is 10.6. The van der Waals surface area contributed by atoms with Gasteiger partial charge in [0.1, 0.15) is 0 Å². The third-order valence-electron chi connectivity index (χ3n) is 3.22. The van der Waals surface area contributed by atoms with Crippen molar-refractivity contribution in [1.29, 1.82) is 0 Å². The second-order valence-electron chi connectivity index (χ2n) is 5.04. The van der Waals surface area contributed by atoms with Crippen LogP contribution in [0.15, 0.2) is 24.3 Å². The molecule has 0 bridgehead atoms. The van der Waals surface area contributed by atoms with E-state index in [2.05, 4.69) is 19.2 Å². The maximum Gasteiger partial charge on any atom is 0.269 e. The van der Waals surface area contributed by atoms with Gasteiger partial charge in [0.25, 0.3) is 5.69 Å². The van der Waals surface area contributed by atoms with Crippen LogP contribution < -0.4 is 5.32 Å². The molecule has 0 amide bonds. The third-order valence-corrected chi connectivity index (χ3v) is 3.22. The first-order valence-electron chi connectivity index (χ1n) is 6.45. The molecule has 0 spiro atoms. The highest BCUT2D eigenvalue weighted by atomic mass is 16.6. The van der Waals surface area contributed by atoms with Crippen molar-refractivity contribution in [2.24, 2.45) is 5.92 Å². The van der Waals surface area contributed by atoms with Crippen LogP contribution in [0.2, 0.25) is 0 Å². The van der Waals surface area contributed by atoms with Crippen LogP contribution in [0, 0.1) is 16.0 Å². The van der Waals surface area contributed by atoms with E-state index in [-0.39, 0.29) is 22.7 Å². The summed E-state index contributed by atoms with van der Waals surface area (Å²) >= 11 is 0. The van der Waals surface area contributed by atoms with Gasteiger partial charge < -0.3 is 10.1 Å². The monoisotopic (exact) mass is 266 g/mol. The minimum Gasteiger partial charge on any atom is -0.383 e. The third kappa shape index (κ3) is 4.61. The molecule has 0 aliphatic rings. The number of benzene rings is 1. The fraction of sp³-hybridized carbons (Fsp3) is 0.571. The fourth-order valence-electron chi connectivity index (χ4n) is 1.91. The molecule has 0 saturated carbocycles. The minimum atomic E-state index is -0.385. The zero-order chi connectivity index (χ0) is 14.4. The number of hydrogen-bond donors (Lipinski definition) is 1. The molecule has 0 aliphatic carbocycles. The van der Waals surface area contributed by atoms with Gasteiger partial charge in [0, 0.05) is 31.3 Å². The summed E-state index contributed by atoms with van der Waals surface area (Å²) in [6.45, 7) is 6.97.